The molecule has 0 aliphatic heterocycles. The minimum atomic E-state index is -0.679. The summed E-state index contributed by atoms with van der Waals surface area (Å²) in [6, 6.07) is 5.00. The molecule has 0 bridgehead atoms. The van der Waals surface area contributed by atoms with Crippen LogP contribution >= 0.6 is 11.3 Å². The number of non-ortho nitro benzene ring substituents is 1. The topological polar surface area (TPSA) is 125 Å². The molecule has 9 nitrogen and oxygen atoms in total. The van der Waals surface area contributed by atoms with E-state index in [1.165, 1.54) is 24.3 Å². The number of rotatable bonds is 7. The predicted molar refractivity (Wildman–Crippen MR) is 111 cm³/mol. The van der Waals surface area contributed by atoms with Gasteiger partial charge in [0.2, 0.25) is 0 Å². The Morgan fingerprint density at radius 3 is 2.03 bits per heavy atom. The van der Waals surface area contributed by atoms with Gasteiger partial charge in [0.05, 0.1) is 22.7 Å². The molecule has 1 N–H and O–H groups in total. The van der Waals surface area contributed by atoms with Crippen LogP contribution in [0.1, 0.15) is 63.6 Å². The number of carbonyl (C=O) groups excluding carboxylic acids is 3. The van der Waals surface area contributed by atoms with Crippen molar-refractivity contribution < 1.29 is 28.8 Å². The van der Waals surface area contributed by atoms with Crippen LogP contribution < -0.4 is 5.32 Å². The lowest BCUT2D eigenvalue weighted by Gasteiger charge is -2.10. The van der Waals surface area contributed by atoms with Gasteiger partial charge in [-0.15, -0.1) is 11.3 Å². The quantitative estimate of drug-likeness (QED) is 0.390. The fourth-order valence-electron chi connectivity index (χ4n) is 2.49. The Kier molecular flexibility index (Phi) is 7.28. The Morgan fingerprint density at radius 2 is 1.53 bits per heavy atom. The summed E-state index contributed by atoms with van der Waals surface area (Å²) in [6.07, 6.45) is -0.760. The van der Waals surface area contributed by atoms with Crippen LogP contribution in [-0.2, 0) is 9.47 Å². The SMILES string of the molecule is Cc1c(C(=O)OC(C)C)sc(NC(=O)c2ccc([N+](=O)[O-])cc2)c1C(=O)OC(C)C. The summed E-state index contributed by atoms with van der Waals surface area (Å²) < 4.78 is 10.5. The van der Waals surface area contributed by atoms with Crippen LogP contribution in [-0.4, -0.2) is 35.0 Å². The second kappa shape index (κ2) is 9.49. The average Bonchev–Trinajstić information content (AvgIpc) is 2.96. The molecule has 1 amide bonds. The smallest absolute Gasteiger partial charge is 0.348 e. The summed E-state index contributed by atoms with van der Waals surface area (Å²) in [5.41, 5.74) is 0.412. The van der Waals surface area contributed by atoms with Crippen molar-refractivity contribution in [2.24, 2.45) is 0 Å². The van der Waals surface area contributed by atoms with Gasteiger partial charge in [0.25, 0.3) is 11.6 Å². The van der Waals surface area contributed by atoms with Crippen molar-refractivity contribution in [1.29, 1.82) is 0 Å². The van der Waals surface area contributed by atoms with E-state index in [-0.39, 0.29) is 32.8 Å². The summed E-state index contributed by atoms with van der Waals surface area (Å²) in [5, 5.41) is 13.5. The van der Waals surface area contributed by atoms with Crippen LogP contribution in [0.5, 0.6) is 0 Å². The predicted octanol–water partition coefficient (Wildman–Crippen LogP) is 4.35. The fourth-order valence-corrected chi connectivity index (χ4v) is 3.57. The van der Waals surface area contributed by atoms with Crippen molar-refractivity contribution in [2.45, 2.75) is 46.8 Å². The molecule has 1 aromatic heterocycles. The number of nitro benzene ring substituents is 1. The van der Waals surface area contributed by atoms with Crippen molar-refractivity contribution in [3.63, 3.8) is 0 Å². The molecule has 0 unspecified atom stereocenters. The van der Waals surface area contributed by atoms with E-state index in [1.54, 1.807) is 34.6 Å². The van der Waals surface area contributed by atoms with Crippen LogP contribution in [0.2, 0.25) is 0 Å². The zero-order valence-corrected chi connectivity index (χ0v) is 18.0. The largest absolute Gasteiger partial charge is 0.459 e. The molecule has 0 spiro atoms. The van der Waals surface area contributed by atoms with Crippen LogP contribution in [0.4, 0.5) is 10.7 Å². The summed E-state index contributed by atoms with van der Waals surface area (Å²) in [5.74, 6) is -1.88. The number of ether oxygens (including phenoxy) is 2. The van der Waals surface area contributed by atoms with Crippen molar-refractivity contribution in [3.05, 3.63) is 55.9 Å². The van der Waals surface area contributed by atoms with Crippen LogP contribution in [0.25, 0.3) is 0 Å². The maximum absolute atomic E-state index is 12.6. The summed E-state index contributed by atoms with van der Waals surface area (Å²) in [7, 11) is 0. The highest BCUT2D eigenvalue weighted by atomic mass is 32.1. The molecule has 0 saturated heterocycles. The Bertz CT molecular complexity index is 978. The number of carbonyl (C=O) groups is 3. The Hall–Kier alpha value is -3.27. The molecular formula is C20H22N2O7S. The third-order valence-corrected chi connectivity index (χ3v) is 4.98. The zero-order valence-electron chi connectivity index (χ0n) is 17.2. The molecule has 0 radical (unpaired) electrons. The van der Waals surface area contributed by atoms with Gasteiger partial charge >= 0.3 is 11.9 Å². The van der Waals surface area contributed by atoms with Gasteiger partial charge in [0, 0.05) is 17.7 Å². The number of thiophene rings is 1. The molecule has 0 fully saturated rings. The van der Waals surface area contributed by atoms with Crippen molar-refractivity contribution >= 4 is 39.9 Å². The van der Waals surface area contributed by atoms with Gasteiger partial charge in [-0.05, 0) is 52.3 Å². The molecule has 2 aromatic rings. The van der Waals surface area contributed by atoms with Crippen molar-refractivity contribution in [1.82, 2.24) is 0 Å². The lowest BCUT2D eigenvalue weighted by molar-refractivity contribution is -0.384. The molecule has 1 heterocycles. The molecule has 2 rings (SSSR count). The van der Waals surface area contributed by atoms with E-state index in [0.717, 1.165) is 11.3 Å². The number of nitrogens with one attached hydrogen (secondary N) is 1. The molecule has 160 valence electrons. The Morgan fingerprint density at radius 1 is 1.00 bits per heavy atom. The zero-order chi connectivity index (χ0) is 22.6. The molecule has 1 aromatic carbocycles. The third kappa shape index (κ3) is 5.41. The average molecular weight is 434 g/mol. The lowest BCUT2D eigenvalue weighted by atomic mass is 10.1. The van der Waals surface area contributed by atoms with E-state index >= 15 is 0 Å². The standard InChI is InChI=1S/C20H22N2O7S/c1-10(2)28-19(24)15-12(5)16(20(25)29-11(3)4)30-18(15)21-17(23)13-6-8-14(9-7-13)22(26)27/h6-11H,1-5H3,(H,21,23). The first-order chi connectivity index (χ1) is 14.0. The molecule has 0 aliphatic carbocycles. The summed E-state index contributed by atoms with van der Waals surface area (Å²) in [6.45, 7) is 8.34. The number of esters is 2. The van der Waals surface area contributed by atoms with E-state index in [0.29, 0.717) is 5.56 Å². The van der Waals surface area contributed by atoms with E-state index in [4.69, 9.17) is 9.47 Å². The number of benzene rings is 1. The molecule has 0 atom stereocenters. The van der Waals surface area contributed by atoms with Gasteiger partial charge in [-0.25, -0.2) is 9.59 Å². The highest BCUT2D eigenvalue weighted by Gasteiger charge is 2.28. The van der Waals surface area contributed by atoms with E-state index in [1.807, 2.05) is 0 Å². The van der Waals surface area contributed by atoms with E-state index < -0.39 is 28.9 Å². The second-order valence-corrected chi connectivity index (χ2v) is 7.95. The van der Waals surface area contributed by atoms with Crippen molar-refractivity contribution in [3.8, 4) is 0 Å². The second-order valence-electron chi connectivity index (χ2n) is 6.93. The Balaban J connectivity index is 2.40. The van der Waals surface area contributed by atoms with Gasteiger partial charge in [-0.2, -0.15) is 0 Å². The van der Waals surface area contributed by atoms with Crippen LogP contribution in [0, 0.1) is 17.0 Å². The summed E-state index contributed by atoms with van der Waals surface area (Å²) >= 11 is 0.907. The number of nitro groups is 1. The highest BCUT2D eigenvalue weighted by molar-refractivity contribution is 7.18. The maximum Gasteiger partial charge on any atom is 0.348 e. The highest BCUT2D eigenvalue weighted by Crippen LogP contribution is 2.35. The Labute approximate surface area is 177 Å². The van der Waals surface area contributed by atoms with Crippen molar-refractivity contribution in [2.75, 3.05) is 5.32 Å². The van der Waals surface area contributed by atoms with Crippen LogP contribution in [0.3, 0.4) is 0 Å². The molecule has 0 aliphatic rings. The normalized spacial score (nSPS) is 10.8. The first-order valence-electron chi connectivity index (χ1n) is 9.12. The number of hydrogen-bond acceptors (Lipinski definition) is 8. The molecule has 0 saturated carbocycles. The maximum atomic E-state index is 12.6. The third-order valence-electron chi connectivity index (χ3n) is 3.79. The summed E-state index contributed by atoms with van der Waals surface area (Å²) in [4.78, 5) is 48.0. The minimum Gasteiger partial charge on any atom is -0.459 e. The molecule has 10 heteroatoms. The molecular weight excluding hydrogens is 412 g/mol. The molecule has 30 heavy (non-hydrogen) atoms. The first-order valence-corrected chi connectivity index (χ1v) is 9.94. The minimum absolute atomic E-state index is 0.0691. The first kappa shape index (κ1) is 23.0. The van der Waals surface area contributed by atoms with Crippen LogP contribution in [0.15, 0.2) is 24.3 Å². The van der Waals surface area contributed by atoms with Gasteiger partial charge in [-0.3, -0.25) is 14.9 Å². The van der Waals surface area contributed by atoms with Gasteiger partial charge in [0.1, 0.15) is 9.88 Å². The van der Waals surface area contributed by atoms with Gasteiger partial charge in [-0.1, -0.05) is 0 Å². The van der Waals surface area contributed by atoms with E-state index in [9.17, 15) is 24.5 Å². The van der Waals surface area contributed by atoms with Gasteiger partial charge < -0.3 is 14.8 Å². The number of hydrogen-bond donors (Lipinski definition) is 1. The van der Waals surface area contributed by atoms with E-state index in [2.05, 4.69) is 5.32 Å². The van der Waals surface area contributed by atoms with Gasteiger partial charge in [0.15, 0.2) is 0 Å². The number of nitrogens with zero attached hydrogens (tertiary/aromatic N) is 1. The number of anilines is 1. The lowest BCUT2D eigenvalue weighted by Crippen LogP contribution is -2.17. The number of amides is 1. The monoisotopic (exact) mass is 434 g/mol. The fraction of sp³-hybridized carbons (Fsp3) is 0.350.